The van der Waals surface area contributed by atoms with Gasteiger partial charge in [0, 0.05) is 18.3 Å². The highest BCUT2D eigenvalue weighted by atomic mass is 16.5. The van der Waals surface area contributed by atoms with Gasteiger partial charge in [-0.1, -0.05) is 124 Å². The maximum atomic E-state index is 14.8. The third-order valence-electron chi connectivity index (χ3n) is 12.3. The van der Waals surface area contributed by atoms with E-state index in [2.05, 4.69) is 88.6 Å². The molecule has 3 rings (SSSR count). The number of rotatable bonds is 19. The molecule has 0 amide bonds. The van der Waals surface area contributed by atoms with Crippen LogP contribution in [0.2, 0.25) is 0 Å². The lowest BCUT2D eigenvalue weighted by molar-refractivity contribution is -0.131. The molecule has 2 nitrogen and oxygen atoms in total. The molecule has 3 aliphatic rings. The van der Waals surface area contributed by atoms with E-state index in [4.69, 9.17) is 11.3 Å². The SMILES string of the molecule is C=C(CCC(=C)C(=C)C(CCC)CC(=C)C1C(C(=O)C(CC(=C)OC(C)(C)CC)C2CCCCC2)CC2C1C2(C)C)CC(C)(C)C. The number of hydrogen-bond acceptors (Lipinski definition) is 2. The standard InChI is InChI=1S/C44H72O2/c1-15-20-35(33(7)30(4)24-23-29(3)28-42(8,9)10)25-31(5)39-37(27-38-40(39)44(38,13)14)41(45)36(34-21-18-17-19-22-34)26-32(6)46-43(11,12)16-2/h34-40H,3-7,15-28H2,1-2,8-14H3. The Morgan fingerprint density at radius 2 is 1.54 bits per heavy atom. The van der Waals surface area contributed by atoms with Crippen molar-refractivity contribution in [1.29, 1.82) is 0 Å². The predicted molar refractivity (Wildman–Crippen MR) is 200 cm³/mol. The van der Waals surface area contributed by atoms with E-state index in [0.29, 0.717) is 35.9 Å². The monoisotopic (exact) mass is 633 g/mol. The summed E-state index contributed by atoms with van der Waals surface area (Å²) >= 11 is 0. The maximum absolute atomic E-state index is 14.8. The first-order chi connectivity index (χ1) is 21.3. The van der Waals surface area contributed by atoms with Crippen LogP contribution >= 0.6 is 0 Å². The van der Waals surface area contributed by atoms with E-state index >= 15 is 0 Å². The first kappa shape index (κ1) is 38.6. The Bertz CT molecular complexity index is 1130. The lowest BCUT2D eigenvalue weighted by Gasteiger charge is -2.36. The van der Waals surface area contributed by atoms with Gasteiger partial charge in [0.15, 0.2) is 0 Å². The molecule has 0 aliphatic heterocycles. The van der Waals surface area contributed by atoms with Crippen LogP contribution in [0.4, 0.5) is 0 Å². The van der Waals surface area contributed by atoms with Gasteiger partial charge in [-0.25, -0.2) is 0 Å². The van der Waals surface area contributed by atoms with Crippen LogP contribution in [0.5, 0.6) is 0 Å². The van der Waals surface area contributed by atoms with Crippen molar-refractivity contribution in [1.82, 2.24) is 0 Å². The van der Waals surface area contributed by atoms with E-state index in [0.717, 1.165) is 75.5 Å². The molecule has 0 saturated heterocycles. The number of allylic oxidation sites excluding steroid dienone is 5. The molecule has 46 heavy (non-hydrogen) atoms. The highest BCUT2D eigenvalue weighted by molar-refractivity contribution is 5.85. The lowest BCUT2D eigenvalue weighted by atomic mass is 9.68. The van der Waals surface area contributed by atoms with Gasteiger partial charge in [-0.3, -0.25) is 4.79 Å². The number of ether oxygens (including phenoxy) is 1. The molecule has 6 unspecified atom stereocenters. The van der Waals surface area contributed by atoms with Gasteiger partial charge in [-0.05, 0) is 118 Å². The Kier molecular flexibility index (Phi) is 13.1. The zero-order valence-electron chi connectivity index (χ0n) is 31.8. The van der Waals surface area contributed by atoms with E-state index < -0.39 is 0 Å². The second kappa shape index (κ2) is 15.6. The average molecular weight is 633 g/mol. The van der Waals surface area contributed by atoms with Gasteiger partial charge in [0.25, 0.3) is 0 Å². The predicted octanol–water partition coefficient (Wildman–Crippen LogP) is 13.0. The number of hydrogen-bond donors (Lipinski definition) is 0. The highest BCUT2D eigenvalue weighted by Gasteiger charge is 2.68. The fraction of sp³-hybridized carbons (Fsp3) is 0.750. The third kappa shape index (κ3) is 9.85. The Morgan fingerprint density at radius 3 is 2.11 bits per heavy atom. The van der Waals surface area contributed by atoms with Crippen LogP contribution in [0.3, 0.4) is 0 Å². The van der Waals surface area contributed by atoms with Crippen molar-refractivity contribution in [3.05, 3.63) is 60.9 Å². The molecule has 260 valence electrons. The normalized spacial score (nSPS) is 25.7. The molecule has 0 bridgehead atoms. The second-order valence-corrected chi connectivity index (χ2v) is 18.2. The summed E-state index contributed by atoms with van der Waals surface area (Å²) in [5, 5.41) is 0. The van der Waals surface area contributed by atoms with Gasteiger partial charge in [-0.15, -0.1) is 0 Å². The fourth-order valence-electron chi connectivity index (χ4n) is 9.33. The lowest BCUT2D eigenvalue weighted by Crippen LogP contribution is -2.36. The second-order valence-electron chi connectivity index (χ2n) is 18.2. The average Bonchev–Trinajstić information content (AvgIpc) is 3.28. The van der Waals surface area contributed by atoms with Gasteiger partial charge in [0.2, 0.25) is 0 Å². The summed E-state index contributed by atoms with van der Waals surface area (Å²) in [6, 6.07) is 0. The fourth-order valence-corrected chi connectivity index (χ4v) is 9.33. The Morgan fingerprint density at radius 1 is 0.913 bits per heavy atom. The van der Waals surface area contributed by atoms with Crippen LogP contribution in [0, 0.1) is 52.3 Å². The molecule has 0 aromatic heterocycles. The van der Waals surface area contributed by atoms with Crippen molar-refractivity contribution in [3.63, 3.8) is 0 Å². The van der Waals surface area contributed by atoms with Gasteiger partial charge >= 0.3 is 0 Å². The minimum Gasteiger partial charge on any atom is -0.493 e. The van der Waals surface area contributed by atoms with Crippen molar-refractivity contribution >= 4 is 5.78 Å². The van der Waals surface area contributed by atoms with E-state index in [9.17, 15) is 4.79 Å². The van der Waals surface area contributed by atoms with Crippen molar-refractivity contribution < 1.29 is 9.53 Å². The van der Waals surface area contributed by atoms with E-state index in [1.165, 1.54) is 36.0 Å². The Hall–Kier alpha value is -1.83. The third-order valence-corrected chi connectivity index (χ3v) is 12.3. The van der Waals surface area contributed by atoms with Gasteiger partial charge in [-0.2, -0.15) is 0 Å². The molecule has 0 radical (unpaired) electrons. The van der Waals surface area contributed by atoms with Crippen LogP contribution in [-0.4, -0.2) is 11.4 Å². The van der Waals surface area contributed by atoms with E-state index in [-0.39, 0.29) is 34.2 Å². The number of ketones is 1. The molecule has 0 heterocycles. The summed E-state index contributed by atoms with van der Waals surface area (Å²) in [6.45, 7) is 43.0. The number of carbonyl (C=O) groups excluding carboxylic acids is 1. The van der Waals surface area contributed by atoms with E-state index in [1.807, 2.05) is 0 Å². The van der Waals surface area contributed by atoms with Crippen LogP contribution in [0.25, 0.3) is 0 Å². The molecule has 0 aromatic rings. The van der Waals surface area contributed by atoms with E-state index in [1.54, 1.807) is 0 Å². The molecule has 3 aliphatic carbocycles. The number of carbonyl (C=O) groups is 1. The molecular formula is C44H72O2. The van der Waals surface area contributed by atoms with Gasteiger partial charge in [0.05, 0.1) is 5.76 Å². The molecular weight excluding hydrogens is 560 g/mol. The molecule has 0 aromatic carbocycles. The van der Waals surface area contributed by atoms with Crippen LogP contribution < -0.4 is 0 Å². The number of fused-ring (bicyclic) bond motifs is 1. The molecule has 6 atom stereocenters. The first-order valence-corrected chi connectivity index (χ1v) is 18.9. The van der Waals surface area contributed by atoms with Crippen molar-refractivity contribution in [2.24, 2.45) is 52.3 Å². The molecule has 0 spiro atoms. The Balaban J connectivity index is 1.79. The molecule has 3 saturated carbocycles. The minimum absolute atomic E-state index is 0.00347. The molecule has 3 fully saturated rings. The quantitative estimate of drug-likeness (QED) is 0.0804. The summed E-state index contributed by atoms with van der Waals surface area (Å²) in [5.74, 6) is 3.53. The van der Waals surface area contributed by atoms with Crippen molar-refractivity contribution in [2.75, 3.05) is 0 Å². The van der Waals surface area contributed by atoms with Gasteiger partial charge in [0.1, 0.15) is 11.4 Å². The summed E-state index contributed by atoms with van der Waals surface area (Å²) in [5.41, 5.74) is 5.22. The highest BCUT2D eigenvalue weighted by Crippen LogP contribution is 2.72. The molecule has 0 N–H and O–H groups in total. The van der Waals surface area contributed by atoms with Crippen molar-refractivity contribution in [3.8, 4) is 0 Å². The smallest absolute Gasteiger partial charge is 0.140 e. The van der Waals surface area contributed by atoms with Crippen molar-refractivity contribution in [2.45, 2.75) is 158 Å². The summed E-state index contributed by atoms with van der Waals surface area (Å²) in [6.07, 6.45) is 14.7. The zero-order chi connectivity index (χ0) is 34.6. The number of Topliss-reactive ketones (excluding diaryl/α,β-unsaturated/α-hetero) is 1. The van der Waals surface area contributed by atoms with Crippen LogP contribution in [0.1, 0.15) is 152 Å². The van der Waals surface area contributed by atoms with Crippen LogP contribution in [-0.2, 0) is 9.53 Å². The van der Waals surface area contributed by atoms with Crippen LogP contribution in [0.15, 0.2) is 60.9 Å². The summed E-state index contributed by atoms with van der Waals surface area (Å²) in [4.78, 5) is 14.8. The largest absolute Gasteiger partial charge is 0.493 e. The van der Waals surface area contributed by atoms with Gasteiger partial charge < -0.3 is 4.74 Å². The summed E-state index contributed by atoms with van der Waals surface area (Å²) < 4.78 is 6.36. The first-order valence-electron chi connectivity index (χ1n) is 18.9. The minimum atomic E-state index is -0.256. The molecule has 2 heteroatoms. The Labute approximate surface area is 285 Å². The topological polar surface area (TPSA) is 26.3 Å². The summed E-state index contributed by atoms with van der Waals surface area (Å²) in [7, 11) is 0. The zero-order valence-corrected chi connectivity index (χ0v) is 31.8. The maximum Gasteiger partial charge on any atom is 0.140 e.